The van der Waals surface area contributed by atoms with Crippen LogP contribution in [0.3, 0.4) is 0 Å². The number of carboxylic acid groups (broad SMARTS) is 1. The van der Waals surface area contributed by atoms with Crippen molar-refractivity contribution in [2.24, 2.45) is 11.1 Å². The fourth-order valence-electron chi connectivity index (χ4n) is 2.32. The van der Waals surface area contributed by atoms with Crippen LogP contribution in [0.4, 0.5) is 0 Å². The number of oxime groups is 1. The van der Waals surface area contributed by atoms with E-state index in [1.165, 1.54) is 6.92 Å². The molecule has 0 amide bonds. The molecule has 2 heterocycles. The number of carbonyl (C=O) groups is 1. The molecule has 1 aliphatic heterocycles. The van der Waals surface area contributed by atoms with E-state index in [9.17, 15) is 4.79 Å². The molecule has 2 rings (SSSR count). The summed E-state index contributed by atoms with van der Waals surface area (Å²) in [7, 11) is 0. The SMILES string of the molecule is C/C(=N/OCCCCC1COC(C)(C(=O)O)OC1)c1ccncc1. The Morgan fingerprint density at radius 2 is 2.04 bits per heavy atom. The van der Waals surface area contributed by atoms with Crippen LogP contribution in [0.2, 0.25) is 0 Å². The van der Waals surface area contributed by atoms with Gasteiger partial charge in [0.05, 0.1) is 18.9 Å². The zero-order valence-corrected chi connectivity index (χ0v) is 14.1. The zero-order chi connectivity index (χ0) is 17.4. The van der Waals surface area contributed by atoms with Gasteiger partial charge in [0, 0.05) is 30.8 Å². The van der Waals surface area contributed by atoms with Gasteiger partial charge in [-0.2, -0.15) is 0 Å². The summed E-state index contributed by atoms with van der Waals surface area (Å²) in [6.45, 7) is 4.68. The van der Waals surface area contributed by atoms with Crippen molar-refractivity contribution in [3.63, 3.8) is 0 Å². The maximum absolute atomic E-state index is 11.0. The number of ether oxygens (including phenoxy) is 2. The number of rotatable bonds is 8. The lowest BCUT2D eigenvalue weighted by Crippen LogP contribution is -2.47. The van der Waals surface area contributed by atoms with Gasteiger partial charge in [-0.15, -0.1) is 0 Å². The molecular weight excluding hydrogens is 312 g/mol. The summed E-state index contributed by atoms with van der Waals surface area (Å²) >= 11 is 0. The Balaban J connectivity index is 1.59. The van der Waals surface area contributed by atoms with Crippen molar-refractivity contribution in [3.8, 4) is 0 Å². The van der Waals surface area contributed by atoms with Gasteiger partial charge in [-0.25, -0.2) is 4.79 Å². The fourth-order valence-corrected chi connectivity index (χ4v) is 2.32. The van der Waals surface area contributed by atoms with E-state index >= 15 is 0 Å². The summed E-state index contributed by atoms with van der Waals surface area (Å²) in [5.74, 6) is -2.37. The van der Waals surface area contributed by atoms with E-state index in [2.05, 4.69) is 10.1 Å². The van der Waals surface area contributed by atoms with E-state index in [0.717, 1.165) is 30.5 Å². The summed E-state index contributed by atoms with van der Waals surface area (Å²) < 4.78 is 10.6. The van der Waals surface area contributed by atoms with Crippen molar-refractivity contribution in [1.82, 2.24) is 4.98 Å². The van der Waals surface area contributed by atoms with Crippen molar-refractivity contribution in [3.05, 3.63) is 30.1 Å². The minimum atomic E-state index is -1.50. The van der Waals surface area contributed by atoms with Gasteiger partial charge in [0.2, 0.25) is 0 Å². The molecule has 0 spiro atoms. The Morgan fingerprint density at radius 1 is 1.38 bits per heavy atom. The van der Waals surface area contributed by atoms with E-state index in [4.69, 9.17) is 19.4 Å². The van der Waals surface area contributed by atoms with Crippen molar-refractivity contribution < 1.29 is 24.2 Å². The predicted molar refractivity (Wildman–Crippen MR) is 87.7 cm³/mol. The number of hydrogen-bond donors (Lipinski definition) is 1. The second kappa shape index (κ2) is 8.75. The summed E-state index contributed by atoms with van der Waals surface area (Å²) in [5.41, 5.74) is 1.81. The van der Waals surface area contributed by atoms with Crippen molar-refractivity contribution in [2.45, 2.75) is 38.9 Å². The lowest BCUT2D eigenvalue weighted by molar-refractivity contribution is -0.271. The van der Waals surface area contributed by atoms with Gasteiger partial charge in [-0.3, -0.25) is 4.98 Å². The molecule has 7 nitrogen and oxygen atoms in total. The molecule has 1 fully saturated rings. The monoisotopic (exact) mass is 336 g/mol. The summed E-state index contributed by atoms with van der Waals surface area (Å²) in [6, 6.07) is 3.77. The van der Waals surface area contributed by atoms with Crippen molar-refractivity contribution in [2.75, 3.05) is 19.8 Å². The van der Waals surface area contributed by atoms with Crippen LogP contribution in [0.15, 0.2) is 29.7 Å². The predicted octanol–water partition coefficient (Wildman–Crippen LogP) is 2.46. The number of aromatic nitrogens is 1. The van der Waals surface area contributed by atoms with E-state index in [1.54, 1.807) is 12.4 Å². The average Bonchev–Trinajstić information content (AvgIpc) is 2.60. The van der Waals surface area contributed by atoms with E-state index in [-0.39, 0.29) is 5.92 Å². The quantitative estimate of drug-likeness (QED) is 0.445. The highest BCUT2D eigenvalue weighted by molar-refractivity contribution is 5.98. The summed E-state index contributed by atoms with van der Waals surface area (Å²) in [4.78, 5) is 20.3. The number of nitrogens with zero attached hydrogens (tertiary/aromatic N) is 2. The molecule has 1 saturated heterocycles. The molecule has 0 bridgehead atoms. The Morgan fingerprint density at radius 3 is 2.67 bits per heavy atom. The highest BCUT2D eigenvalue weighted by Gasteiger charge is 2.40. The molecular formula is C17H24N2O5. The van der Waals surface area contributed by atoms with E-state index in [1.807, 2.05) is 19.1 Å². The second-order valence-electron chi connectivity index (χ2n) is 5.98. The van der Waals surface area contributed by atoms with Gasteiger partial charge in [0.25, 0.3) is 5.79 Å². The Kier molecular flexibility index (Phi) is 6.69. The molecule has 1 N–H and O–H groups in total. The highest BCUT2D eigenvalue weighted by Crippen LogP contribution is 2.24. The van der Waals surface area contributed by atoms with Crippen molar-refractivity contribution >= 4 is 11.7 Å². The molecule has 7 heteroatoms. The first kappa shape index (κ1) is 18.4. The zero-order valence-electron chi connectivity index (χ0n) is 14.1. The normalized spacial score (nSPS) is 24.6. The van der Waals surface area contributed by atoms with Crippen molar-refractivity contribution in [1.29, 1.82) is 0 Å². The number of pyridine rings is 1. The number of carboxylic acids is 1. The third kappa shape index (κ3) is 5.28. The molecule has 0 atom stereocenters. The molecule has 0 radical (unpaired) electrons. The second-order valence-corrected chi connectivity index (χ2v) is 5.98. The first-order valence-electron chi connectivity index (χ1n) is 8.09. The van der Waals surface area contributed by atoms with Crippen LogP contribution in [-0.4, -0.2) is 47.4 Å². The number of unbranched alkanes of at least 4 members (excludes halogenated alkanes) is 1. The number of hydrogen-bond acceptors (Lipinski definition) is 6. The summed E-state index contributed by atoms with van der Waals surface area (Å²) in [5, 5.41) is 13.1. The maximum Gasteiger partial charge on any atom is 0.364 e. The fraction of sp³-hybridized carbons (Fsp3) is 0.588. The van der Waals surface area contributed by atoms with E-state index in [0.29, 0.717) is 19.8 Å². The molecule has 132 valence electrons. The molecule has 0 aliphatic carbocycles. The van der Waals surface area contributed by atoms with E-state index < -0.39 is 11.8 Å². The average molecular weight is 336 g/mol. The van der Waals surface area contributed by atoms with Crippen LogP contribution >= 0.6 is 0 Å². The van der Waals surface area contributed by atoms with Crippen LogP contribution in [0.25, 0.3) is 0 Å². The van der Waals surface area contributed by atoms with Crippen LogP contribution in [-0.2, 0) is 19.1 Å². The molecule has 0 saturated carbocycles. The topological polar surface area (TPSA) is 90.2 Å². The third-order valence-electron chi connectivity index (χ3n) is 3.97. The molecule has 24 heavy (non-hydrogen) atoms. The minimum Gasteiger partial charge on any atom is -0.477 e. The standard InChI is InChI=1S/C17H24N2O5/c1-13(15-6-8-18-9-7-15)19-24-10-4-3-5-14-11-22-17(2,16(20)21)23-12-14/h6-9,14H,3-5,10-12H2,1-2H3,(H,20,21)/b19-13-. The van der Waals surface area contributed by atoms with Gasteiger partial charge < -0.3 is 19.4 Å². The molecule has 1 aromatic rings. The minimum absolute atomic E-state index is 0.222. The molecule has 0 aromatic carbocycles. The molecule has 1 aliphatic rings. The lowest BCUT2D eigenvalue weighted by Gasteiger charge is -2.34. The van der Waals surface area contributed by atoms with Gasteiger partial charge in [-0.1, -0.05) is 5.16 Å². The Labute approximate surface area is 141 Å². The van der Waals surface area contributed by atoms with Gasteiger partial charge in [0.1, 0.15) is 6.61 Å². The Hall–Kier alpha value is -1.99. The van der Waals surface area contributed by atoms with Crippen LogP contribution in [0.1, 0.15) is 38.7 Å². The van der Waals surface area contributed by atoms with Crippen LogP contribution in [0, 0.1) is 5.92 Å². The number of aliphatic carboxylic acids is 1. The lowest BCUT2D eigenvalue weighted by atomic mass is 10.0. The van der Waals surface area contributed by atoms with Gasteiger partial charge in [-0.05, 0) is 38.3 Å². The first-order valence-corrected chi connectivity index (χ1v) is 8.09. The van der Waals surface area contributed by atoms with Gasteiger partial charge in [0.15, 0.2) is 0 Å². The first-order chi connectivity index (χ1) is 11.5. The Bertz CT molecular complexity index is 553. The molecule has 0 unspecified atom stereocenters. The third-order valence-corrected chi connectivity index (χ3v) is 3.97. The van der Waals surface area contributed by atoms with Crippen LogP contribution in [0.5, 0.6) is 0 Å². The largest absolute Gasteiger partial charge is 0.477 e. The van der Waals surface area contributed by atoms with Crippen LogP contribution < -0.4 is 0 Å². The molecule has 1 aromatic heterocycles. The van der Waals surface area contributed by atoms with Gasteiger partial charge >= 0.3 is 5.97 Å². The smallest absolute Gasteiger partial charge is 0.364 e. The highest BCUT2D eigenvalue weighted by atomic mass is 16.7. The summed E-state index contributed by atoms with van der Waals surface area (Å²) in [6.07, 6.45) is 6.17. The maximum atomic E-state index is 11.0.